The third-order valence-electron chi connectivity index (χ3n) is 11.0. The van der Waals surface area contributed by atoms with Crippen LogP contribution in [-0.2, 0) is 16.4 Å². The summed E-state index contributed by atoms with van der Waals surface area (Å²) in [7, 11) is -3.55. The van der Waals surface area contributed by atoms with Crippen molar-refractivity contribution in [3.8, 4) is 21.1 Å². The zero-order valence-electron chi connectivity index (χ0n) is 34.4. The Morgan fingerprint density at radius 3 is 1.62 bits per heavy atom. The highest BCUT2D eigenvalue weighted by molar-refractivity contribution is 7.89. The lowest BCUT2D eigenvalue weighted by atomic mass is 10.0. The Kier molecular flexibility index (Phi) is 12.2. The SMILES string of the molecule is Nc1nc(N2CCN(C(=O)O)C(Cc3ccccc3)C2)c2nc(-c3ccc(F)cc3)sc2n1.Nc1nc(N2CCN(S(=O)(=O)c3ccccc3)CC2)c2nc(-c3ccc(F)cc3)sc2n1. The van der Waals surface area contributed by atoms with Gasteiger partial charge < -0.3 is 31.3 Å². The van der Waals surface area contributed by atoms with Gasteiger partial charge in [0.1, 0.15) is 32.7 Å². The standard InChI is InChI=1S/C23H21FN6O2S.C21H19FN6O2S2/c24-16-8-6-15(7-9-16)20-26-18-19(27-22(25)28-21(18)33-20)29-10-11-30(23(31)32)17(13-29)12-14-4-2-1-3-5-14;22-15-8-6-14(7-9-15)19-24-17-18(25-21(23)26-20(17)31-19)27-10-12-28(13-11-27)32(29,30)16-4-2-1-3-5-16/h1-9,17H,10-13H2,(H,31,32)(H2,25,27,28);1-9H,10-13H2,(H2,23,25,26). The lowest BCUT2D eigenvalue weighted by Gasteiger charge is -2.40. The predicted molar refractivity (Wildman–Crippen MR) is 248 cm³/mol. The molecular weight excluding hydrogens is 895 g/mol. The van der Waals surface area contributed by atoms with E-state index in [1.807, 2.05) is 40.1 Å². The van der Waals surface area contributed by atoms with E-state index in [0.717, 1.165) is 16.7 Å². The van der Waals surface area contributed by atoms with E-state index >= 15 is 0 Å². The van der Waals surface area contributed by atoms with Crippen molar-refractivity contribution in [2.45, 2.75) is 17.4 Å². The predicted octanol–water partition coefficient (Wildman–Crippen LogP) is 6.87. The molecule has 2 aliphatic heterocycles. The van der Waals surface area contributed by atoms with Crippen molar-refractivity contribution < 1.29 is 27.1 Å². The average molecular weight is 935 g/mol. The maximum atomic E-state index is 13.3. The van der Waals surface area contributed by atoms with E-state index in [-0.39, 0.29) is 34.5 Å². The number of fused-ring (bicyclic) bond motifs is 2. The molecule has 10 rings (SSSR count). The van der Waals surface area contributed by atoms with Crippen LogP contribution in [0.3, 0.4) is 0 Å². The fourth-order valence-electron chi connectivity index (χ4n) is 7.76. The topological polar surface area (TPSA) is 214 Å². The Bertz CT molecular complexity index is 3080. The first kappa shape index (κ1) is 43.3. The number of hydrogen-bond donors (Lipinski definition) is 3. The van der Waals surface area contributed by atoms with E-state index in [1.165, 1.54) is 56.1 Å². The summed E-state index contributed by atoms with van der Waals surface area (Å²) in [6.07, 6.45) is -0.346. The highest BCUT2D eigenvalue weighted by Gasteiger charge is 2.33. The fraction of sp³-hybridized carbons (Fsp3) is 0.205. The van der Waals surface area contributed by atoms with Gasteiger partial charge in [-0.3, -0.25) is 0 Å². The Morgan fingerprint density at radius 1 is 0.631 bits per heavy atom. The lowest BCUT2D eigenvalue weighted by Crippen LogP contribution is -2.56. The average Bonchev–Trinajstić information content (AvgIpc) is 3.95. The minimum atomic E-state index is -3.55. The van der Waals surface area contributed by atoms with Crippen molar-refractivity contribution in [3.05, 3.63) is 126 Å². The van der Waals surface area contributed by atoms with Crippen LogP contribution in [0.1, 0.15) is 5.56 Å². The number of thiazole rings is 2. The quantitative estimate of drug-likeness (QED) is 0.142. The van der Waals surface area contributed by atoms with Crippen LogP contribution in [0.5, 0.6) is 0 Å². The van der Waals surface area contributed by atoms with Crippen molar-refractivity contribution in [2.75, 3.05) is 67.1 Å². The molecule has 6 heterocycles. The van der Waals surface area contributed by atoms with Crippen molar-refractivity contribution in [3.63, 3.8) is 0 Å². The molecule has 0 radical (unpaired) electrons. The van der Waals surface area contributed by atoms with Crippen LogP contribution in [0.15, 0.2) is 114 Å². The molecule has 0 aliphatic carbocycles. The number of sulfonamides is 1. The van der Waals surface area contributed by atoms with Gasteiger partial charge in [0.15, 0.2) is 21.3 Å². The van der Waals surface area contributed by atoms with Crippen LogP contribution in [0.25, 0.3) is 41.8 Å². The summed E-state index contributed by atoms with van der Waals surface area (Å²) >= 11 is 2.71. The number of hydrogen-bond acceptors (Lipinski definition) is 15. The number of carboxylic acid groups (broad SMARTS) is 1. The van der Waals surface area contributed by atoms with Crippen LogP contribution in [0.4, 0.5) is 37.1 Å². The molecule has 21 heteroatoms. The summed E-state index contributed by atoms with van der Waals surface area (Å²) in [4.78, 5) is 45.8. The number of benzene rings is 4. The number of anilines is 4. The molecule has 2 aliphatic rings. The number of nitrogens with two attached hydrogens (primary N) is 2. The molecule has 0 bridgehead atoms. The summed E-state index contributed by atoms with van der Waals surface area (Å²) in [6.45, 7) is 2.78. The number of halogens is 2. The number of carbonyl (C=O) groups is 1. The van der Waals surface area contributed by atoms with E-state index in [1.54, 1.807) is 54.6 Å². The number of nitrogen functional groups attached to an aromatic ring is 2. The molecule has 1 unspecified atom stereocenters. The summed E-state index contributed by atoms with van der Waals surface area (Å²) in [5.74, 6) is 0.792. The van der Waals surface area contributed by atoms with Crippen LogP contribution in [0.2, 0.25) is 0 Å². The molecule has 8 aromatic rings. The minimum absolute atomic E-state index is 0.126. The van der Waals surface area contributed by atoms with Gasteiger partial charge in [-0.1, -0.05) is 71.2 Å². The number of aromatic nitrogens is 6. The van der Waals surface area contributed by atoms with E-state index in [2.05, 4.69) is 24.9 Å². The van der Waals surface area contributed by atoms with Crippen molar-refractivity contribution >= 4 is 83.0 Å². The Morgan fingerprint density at radius 2 is 1.11 bits per heavy atom. The van der Waals surface area contributed by atoms with Crippen LogP contribution in [0, 0.1) is 11.6 Å². The molecule has 0 spiro atoms. The van der Waals surface area contributed by atoms with Crippen molar-refractivity contribution in [1.29, 1.82) is 0 Å². The molecule has 1 atom stereocenters. The van der Waals surface area contributed by atoms with Crippen LogP contribution in [-0.4, -0.2) is 111 Å². The van der Waals surface area contributed by atoms with E-state index in [9.17, 15) is 27.1 Å². The van der Waals surface area contributed by atoms with Gasteiger partial charge in [-0.25, -0.2) is 41.9 Å². The second-order valence-electron chi connectivity index (χ2n) is 15.1. The van der Waals surface area contributed by atoms with Gasteiger partial charge in [-0.15, -0.1) is 0 Å². The maximum absolute atomic E-state index is 13.3. The normalized spacial score (nSPS) is 15.8. The van der Waals surface area contributed by atoms with Gasteiger partial charge in [0.2, 0.25) is 21.9 Å². The number of amides is 1. The van der Waals surface area contributed by atoms with Gasteiger partial charge >= 0.3 is 6.09 Å². The van der Waals surface area contributed by atoms with Gasteiger partial charge in [0.05, 0.1) is 10.9 Å². The first-order valence-electron chi connectivity index (χ1n) is 20.4. The molecule has 4 aromatic heterocycles. The highest BCUT2D eigenvalue weighted by Crippen LogP contribution is 2.36. The minimum Gasteiger partial charge on any atom is -0.465 e. The third kappa shape index (κ3) is 9.34. The summed E-state index contributed by atoms with van der Waals surface area (Å²) in [5, 5.41) is 11.1. The lowest BCUT2D eigenvalue weighted by molar-refractivity contribution is 0.118. The molecule has 2 fully saturated rings. The molecule has 16 nitrogen and oxygen atoms in total. The third-order valence-corrected chi connectivity index (χ3v) is 14.9. The van der Waals surface area contributed by atoms with Crippen molar-refractivity contribution in [2.24, 2.45) is 0 Å². The Labute approximate surface area is 379 Å². The monoisotopic (exact) mass is 934 g/mol. The molecule has 2 saturated heterocycles. The molecule has 0 saturated carbocycles. The van der Waals surface area contributed by atoms with Gasteiger partial charge in [0.25, 0.3) is 0 Å². The van der Waals surface area contributed by atoms with Gasteiger partial charge in [0, 0.05) is 56.9 Å². The summed E-state index contributed by atoms with van der Waals surface area (Å²) in [5.41, 5.74) is 15.8. The Hall–Kier alpha value is -6.94. The molecular formula is C44H40F2N12O4S3. The van der Waals surface area contributed by atoms with E-state index < -0.39 is 16.1 Å². The maximum Gasteiger partial charge on any atom is 0.407 e. The van der Waals surface area contributed by atoms with Crippen molar-refractivity contribution in [1.82, 2.24) is 39.1 Å². The number of rotatable bonds is 8. The molecule has 332 valence electrons. The summed E-state index contributed by atoms with van der Waals surface area (Å²) in [6, 6.07) is 30.2. The molecule has 65 heavy (non-hydrogen) atoms. The van der Waals surface area contributed by atoms with Gasteiger partial charge in [-0.2, -0.15) is 14.3 Å². The first-order chi connectivity index (χ1) is 31.4. The zero-order chi connectivity index (χ0) is 45.2. The van der Waals surface area contributed by atoms with E-state index in [0.29, 0.717) is 94.6 Å². The Balaban J connectivity index is 0.000000164. The van der Waals surface area contributed by atoms with Crippen LogP contribution < -0.4 is 21.3 Å². The molecule has 1 amide bonds. The fourth-order valence-corrected chi connectivity index (χ4v) is 11.1. The van der Waals surface area contributed by atoms with Gasteiger partial charge in [-0.05, 0) is 72.6 Å². The second-order valence-corrected chi connectivity index (χ2v) is 19.0. The van der Waals surface area contributed by atoms with Crippen LogP contribution >= 0.6 is 22.7 Å². The highest BCUT2D eigenvalue weighted by atomic mass is 32.2. The van der Waals surface area contributed by atoms with E-state index in [4.69, 9.17) is 16.5 Å². The zero-order valence-corrected chi connectivity index (χ0v) is 36.9. The largest absolute Gasteiger partial charge is 0.465 e. The molecule has 4 aromatic carbocycles. The first-order valence-corrected chi connectivity index (χ1v) is 23.5. The summed E-state index contributed by atoms with van der Waals surface area (Å²) < 4.78 is 53.9. The number of piperazine rings is 2. The second kappa shape index (κ2) is 18.3. The number of nitrogens with zero attached hydrogens (tertiary/aromatic N) is 10. The molecule has 5 N–H and O–H groups in total. The smallest absolute Gasteiger partial charge is 0.407 e.